The van der Waals surface area contributed by atoms with E-state index in [4.69, 9.17) is 5.73 Å². The van der Waals surface area contributed by atoms with Gasteiger partial charge in [0.25, 0.3) is 0 Å². The van der Waals surface area contributed by atoms with Crippen molar-refractivity contribution in [2.75, 3.05) is 44.4 Å². The fourth-order valence-corrected chi connectivity index (χ4v) is 1.63. The van der Waals surface area contributed by atoms with Crippen molar-refractivity contribution >= 4 is 11.5 Å². The third-order valence-corrected chi connectivity index (χ3v) is 2.55. The van der Waals surface area contributed by atoms with Crippen LogP contribution in [0.25, 0.3) is 0 Å². The first-order chi connectivity index (χ1) is 7.63. The van der Waals surface area contributed by atoms with E-state index in [0.29, 0.717) is 5.82 Å². The van der Waals surface area contributed by atoms with Gasteiger partial charge in [0.1, 0.15) is 5.82 Å². The molecule has 0 aliphatic rings. The van der Waals surface area contributed by atoms with Crippen LogP contribution in [0.3, 0.4) is 0 Å². The van der Waals surface area contributed by atoms with E-state index in [0.717, 1.165) is 31.7 Å². The van der Waals surface area contributed by atoms with Gasteiger partial charge in [0, 0.05) is 13.1 Å². The first-order valence-electron chi connectivity index (χ1n) is 5.74. The summed E-state index contributed by atoms with van der Waals surface area (Å²) in [7, 11) is 4.20. The molecule has 1 aromatic heterocycles. The van der Waals surface area contributed by atoms with Gasteiger partial charge in [-0.05, 0) is 46.1 Å². The highest BCUT2D eigenvalue weighted by Gasteiger charge is 2.04. The van der Waals surface area contributed by atoms with Crippen LogP contribution in [0.4, 0.5) is 11.5 Å². The molecule has 0 saturated heterocycles. The largest absolute Gasteiger partial charge is 0.384 e. The Kier molecular flexibility index (Phi) is 5.05. The van der Waals surface area contributed by atoms with Gasteiger partial charge in [0.2, 0.25) is 0 Å². The molecule has 0 saturated carbocycles. The van der Waals surface area contributed by atoms with E-state index in [9.17, 15) is 0 Å². The fourth-order valence-electron chi connectivity index (χ4n) is 1.63. The molecule has 0 radical (unpaired) electrons. The number of aromatic nitrogens is 1. The van der Waals surface area contributed by atoms with E-state index in [1.807, 2.05) is 18.3 Å². The second kappa shape index (κ2) is 6.33. The van der Waals surface area contributed by atoms with Crippen LogP contribution in [0.2, 0.25) is 0 Å². The summed E-state index contributed by atoms with van der Waals surface area (Å²) < 4.78 is 0. The molecule has 0 spiro atoms. The van der Waals surface area contributed by atoms with E-state index < -0.39 is 0 Å². The number of pyridine rings is 1. The van der Waals surface area contributed by atoms with Gasteiger partial charge in [-0.3, -0.25) is 0 Å². The van der Waals surface area contributed by atoms with Gasteiger partial charge in [-0.15, -0.1) is 0 Å². The van der Waals surface area contributed by atoms with Crippen LogP contribution in [0.1, 0.15) is 13.3 Å². The maximum Gasteiger partial charge on any atom is 0.123 e. The van der Waals surface area contributed by atoms with E-state index in [2.05, 4.69) is 35.8 Å². The highest BCUT2D eigenvalue weighted by molar-refractivity contribution is 5.47. The molecule has 0 fully saturated rings. The summed E-state index contributed by atoms with van der Waals surface area (Å²) in [6, 6.07) is 3.88. The molecule has 1 rings (SSSR count). The Labute approximate surface area is 98.1 Å². The molecule has 90 valence electrons. The van der Waals surface area contributed by atoms with Crippen molar-refractivity contribution in [2.45, 2.75) is 13.3 Å². The van der Waals surface area contributed by atoms with Crippen LogP contribution < -0.4 is 10.6 Å². The van der Waals surface area contributed by atoms with Gasteiger partial charge in [0.15, 0.2) is 0 Å². The molecule has 0 unspecified atom stereocenters. The van der Waals surface area contributed by atoms with Crippen LogP contribution in [0.15, 0.2) is 18.3 Å². The quantitative estimate of drug-likeness (QED) is 0.791. The lowest BCUT2D eigenvalue weighted by atomic mass is 10.3. The van der Waals surface area contributed by atoms with E-state index in [1.165, 1.54) is 0 Å². The Balaban J connectivity index is 2.50. The average Bonchev–Trinajstić information content (AvgIpc) is 2.26. The van der Waals surface area contributed by atoms with Crippen LogP contribution in [-0.2, 0) is 0 Å². The SMILES string of the molecule is CCN(CCCN(C)C)c1ccc(N)nc1. The molecule has 1 aromatic rings. The van der Waals surface area contributed by atoms with E-state index >= 15 is 0 Å². The Morgan fingerprint density at radius 2 is 2.00 bits per heavy atom. The zero-order valence-electron chi connectivity index (χ0n) is 10.5. The summed E-state index contributed by atoms with van der Waals surface area (Å²) in [5.41, 5.74) is 6.72. The zero-order chi connectivity index (χ0) is 12.0. The van der Waals surface area contributed by atoms with Crippen LogP contribution in [0.5, 0.6) is 0 Å². The summed E-state index contributed by atoms with van der Waals surface area (Å²) in [5.74, 6) is 0.577. The van der Waals surface area contributed by atoms with Gasteiger partial charge < -0.3 is 15.5 Å². The number of hydrogen-bond donors (Lipinski definition) is 1. The monoisotopic (exact) mass is 222 g/mol. The molecule has 0 atom stereocenters. The van der Waals surface area contributed by atoms with Crippen molar-refractivity contribution < 1.29 is 0 Å². The topological polar surface area (TPSA) is 45.4 Å². The molecular weight excluding hydrogens is 200 g/mol. The van der Waals surface area contributed by atoms with Crippen molar-refractivity contribution in [1.29, 1.82) is 0 Å². The van der Waals surface area contributed by atoms with Gasteiger partial charge in [-0.2, -0.15) is 0 Å². The maximum absolute atomic E-state index is 5.57. The molecule has 4 heteroatoms. The second-order valence-corrected chi connectivity index (χ2v) is 4.18. The minimum absolute atomic E-state index is 0.577. The molecule has 1 heterocycles. The lowest BCUT2D eigenvalue weighted by Crippen LogP contribution is -2.27. The molecule has 2 N–H and O–H groups in total. The third kappa shape index (κ3) is 4.06. The molecule has 4 nitrogen and oxygen atoms in total. The minimum Gasteiger partial charge on any atom is -0.384 e. The summed E-state index contributed by atoms with van der Waals surface area (Å²) >= 11 is 0. The maximum atomic E-state index is 5.57. The van der Waals surface area contributed by atoms with E-state index in [1.54, 1.807) is 0 Å². The number of anilines is 2. The van der Waals surface area contributed by atoms with Crippen LogP contribution in [0, 0.1) is 0 Å². The van der Waals surface area contributed by atoms with Gasteiger partial charge in [-0.25, -0.2) is 4.98 Å². The number of nitrogens with two attached hydrogens (primary N) is 1. The van der Waals surface area contributed by atoms with Crippen molar-refractivity contribution in [1.82, 2.24) is 9.88 Å². The van der Waals surface area contributed by atoms with Crippen LogP contribution >= 0.6 is 0 Å². The van der Waals surface area contributed by atoms with Gasteiger partial charge >= 0.3 is 0 Å². The normalized spacial score (nSPS) is 10.8. The highest BCUT2D eigenvalue weighted by Crippen LogP contribution is 2.13. The first kappa shape index (κ1) is 12.8. The van der Waals surface area contributed by atoms with Crippen molar-refractivity contribution in [2.24, 2.45) is 0 Å². The van der Waals surface area contributed by atoms with Gasteiger partial charge in [0.05, 0.1) is 11.9 Å². The lowest BCUT2D eigenvalue weighted by Gasteiger charge is -2.23. The molecule has 0 aromatic carbocycles. The smallest absolute Gasteiger partial charge is 0.123 e. The highest BCUT2D eigenvalue weighted by atomic mass is 15.1. The second-order valence-electron chi connectivity index (χ2n) is 4.18. The number of hydrogen-bond acceptors (Lipinski definition) is 4. The summed E-state index contributed by atoms with van der Waals surface area (Å²) in [6.45, 7) is 5.32. The van der Waals surface area contributed by atoms with Crippen molar-refractivity contribution in [3.8, 4) is 0 Å². The number of nitrogens with zero attached hydrogens (tertiary/aromatic N) is 3. The predicted molar refractivity (Wildman–Crippen MR) is 69.7 cm³/mol. The average molecular weight is 222 g/mol. The molecule has 16 heavy (non-hydrogen) atoms. The Hall–Kier alpha value is -1.29. The third-order valence-electron chi connectivity index (χ3n) is 2.55. The minimum atomic E-state index is 0.577. The van der Waals surface area contributed by atoms with Crippen molar-refractivity contribution in [3.63, 3.8) is 0 Å². The van der Waals surface area contributed by atoms with Crippen LogP contribution in [-0.4, -0.2) is 43.6 Å². The molecular formula is C12H22N4. The molecule has 0 aliphatic carbocycles. The standard InChI is InChI=1S/C12H22N4/c1-4-16(9-5-8-15(2)3)11-6-7-12(13)14-10-11/h6-7,10H,4-5,8-9H2,1-3H3,(H2,13,14). The molecule has 0 aliphatic heterocycles. The Bertz CT molecular complexity index is 294. The van der Waals surface area contributed by atoms with Gasteiger partial charge in [-0.1, -0.05) is 0 Å². The number of nitrogen functional groups attached to an aromatic ring is 1. The Morgan fingerprint density at radius 3 is 2.50 bits per heavy atom. The predicted octanol–water partition coefficient (Wildman–Crippen LogP) is 1.44. The number of rotatable bonds is 6. The molecule has 0 amide bonds. The lowest BCUT2D eigenvalue weighted by molar-refractivity contribution is 0.400. The Morgan fingerprint density at radius 1 is 1.25 bits per heavy atom. The summed E-state index contributed by atoms with van der Waals surface area (Å²) in [4.78, 5) is 8.64. The fraction of sp³-hybridized carbons (Fsp3) is 0.583. The van der Waals surface area contributed by atoms with Crippen molar-refractivity contribution in [3.05, 3.63) is 18.3 Å². The molecule has 0 bridgehead atoms. The summed E-state index contributed by atoms with van der Waals surface area (Å²) in [5, 5.41) is 0. The summed E-state index contributed by atoms with van der Waals surface area (Å²) in [6.07, 6.45) is 3.00. The van der Waals surface area contributed by atoms with E-state index in [-0.39, 0.29) is 0 Å². The first-order valence-corrected chi connectivity index (χ1v) is 5.74. The zero-order valence-corrected chi connectivity index (χ0v) is 10.5.